The van der Waals surface area contributed by atoms with E-state index in [2.05, 4.69) is 18.9 Å². The van der Waals surface area contributed by atoms with Gasteiger partial charge in [0.2, 0.25) is 0 Å². The number of hydrogen-bond acceptors (Lipinski definition) is 3. The number of likely N-dealkylation sites (tertiary alicyclic amines) is 1. The average molecular weight is 184 g/mol. The van der Waals surface area contributed by atoms with E-state index in [-0.39, 0.29) is 12.1 Å². The second-order valence-electron chi connectivity index (χ2n) is 4.71. The maximum absolute atomic E-state index is 6.19. The Labute approximate surface area is 80.2 Å². The van der Waals surface area contributed by atoms with Gasteiger partial charge in [0.25, 0.3) is 0 Å². The van der Waals surface area contributed by atoms with Gasteiger partial charge in [-0.15, -0.1) is 0 Å². The Morgan fingerprint density at radius 3 is 2.46 bits per heavy atom. The molecule has 2 aliphatic rings. The van der Waals surface area contributed by atoms with Crippen molar-refractivity contribution in [2.24, 2.45) is 11.1 Å². The van der Waals surface area contributed by atoms with Crippen molar-refractivity contribution in [1.29, 1.82) is 0 Å². The maximum atomic E-state index is 6.19. The van der Waals surface area contributed by atoms with E-state index in [0.717, 1.165) is 6.61 Å². The summed E-state index contributed by atoms with van der Waals surface area (Å²) < 4.78 is 5.65. The molecule has 0 saturated carbocycles. The number of hydrogen-bond donors (Lipinski definition) is 1. The topological polar surface area (TPSA) is 38.5 Å². The van der Waals surface area contributed by atoms with Crippen molar-refractivity contribution in [3.05, 3.63) is 0 Å². The maximum Gasteiger partial charge on any atom is 0.0704 e. The second kappa shape index (κ2) is 3.23. The highest BCUT2D eigenvalue weighted by molar-refractivity contribution is 4.99. The molecule has 2 saturated heterocycles. The average Bonchev–Trinajstić information content (AvgIpc) is 2.40. The summed E-state index contributed by atoms with van der Waals surface area (Å²) in [6.45, 7) is 5.31. The van der Waals surface area contributed by atoms with Crippen LogP contribution in [0.15, 0.2) is 0 Å². The quantitative estimate of drug-likeness (QED) is 0.594. The SMILES string of the molecule is C[C@H]1OCC2(CCN(C)CC2)[C@H]1N. The summed E-state index contributed by atoms with van der Waals surface area (Å²) in [5.41, 5.74) is 6.49. The summed E-state index contributed by atoms with van der Waals surface area (Å²) in [6, 6.07) is 0.251. The van der Waals surface area contributed by atoms with Crippen LogP contribution >= 0.6 is 0 Å². The lowest BCUT2D eigenvalue weighted by Gasteiger charge is -2.39. The molecule has 0 bridgehead atoms. The first kappa shape index (κ1) is 9.44. The highest BCUT2D eigenvalue weighted by Gasteiger charge is 2.46. The van der Waals surface area contributed by atoms with E-state index in [1.165, 1.54) is 25.9 Å². The van der Waals surface area contributed by atoms with Gasteiger partial charge in [-0.1, -0.05) is 0 Å². The Balaban J connectivity index is 2.05. The predicted octanol–water partition coefficient (Wildman–Crippen LogP) is 0.444. The van der Waals surface area contributed by atoms with Crippen LogP contribution in [0.5, 0.6) is 0 Å². The summed E-state index contributed by atoms with van der Waals surface area (Å²) in [7, 11) is 2.18. The van der Waals surface area contributed by atoms with E-state index in [1.54, 1.807) is 0 Å². The van der Waals surface area contributed by atoms with Gasteiger partial charge in [0.15, 0.2) is 0 Å². The fourth-order valence-electron chi connectivity index (χ4n) is 2.54. The van der Waals surface area contributed by atoms with Gasteiger partial charge < -0.3 is 15.4 Å². The molecule has 13 heavy (non-hydrogen) atoms. The minimum absolute atomic E-state index is 0.251. The monoisotopic (exact) mass is 184 g/mol. The van der Waals surface area contributed by atoms with Gasteiger partial charge in [-0.2, -0.15) is 0 Å². The van der Waals surface area contributed by atoms with Crippen LogP contribution in [-0.2, 0) is 4.74 Å². The van der Waals surface area contributed by atoms with Crippen molar-refractivity contribution in [3.63, 3.8) is 0 Å². The smallest absolute Gasteiger partial charge is 0.0704 e. The second-order valence-corrected chi connectivity index (χ2v) is 4.71. The minimum Gasteiger partial charge on any atom is -0.376 e. The highest BCUT2D eigenvalue weighted by atomic mass is 16.5. The number of nitrogens with zero attached hydrogens (tertiary/aromatic N) is 1. The number of nitrogens with two attached hydrogens (primary N) is 1. The summed E-state index contributed by atoms with van der Waals surface area (Å²) in [6.07, 6.45) is 2.66. The van der Waals surface area contributed by atoms with Gasteiger partial charge in [0.05, 0.1) is 12.7 Å². The summed E-state index contributed by atoms with van der Waals surface area (Å²) in [5, 5.41) is 0. The van der Waals surface area contributed by atoms with Gasteiger partial charge in [0, 0.05) is 11.5 Å². The van der Waals surface area contributed by atoms with E-state index in [0.29, 0.717) is 5.41 Å². The molecule has 2 atom stereocenters. The third-order valence-electron chi connectivity index (χ3n) is 3.83. The fraction of sp³-hybridized carbons (Fsp3) is 1.00. The minimum atomic E-state index is 0.251. The third-order valence-corrected chi connectivity index (χ3v) is 3.83. The third kappa shape index (κ3) is 1.49. The van der Waals surface area contributed by atoms with Crippen molar-refractivity contribution >= 4 is 0 Å². The first-order chi connectivity index (χ1) is 6.14. The van der Waals surface area contributed by atoms with Gasteiger partial charge in [-0.05, 0) is 39.9 Å². The Morgan fingerprint density at radius 1 is 1.38 bits per heavy atom. The van der Waals surface area contributed by atoms with Crippen LogP contribution in [0.1, 0.15) is 19.8 Å². The molecule has 76 valence electrons. The zero-order valence-corrected chi connectivity index (χ0v) is 8.62. The first-order valence-corrected chi connectivity index (χ1v) is 5.20. The highest BCUT2D eigenvalue weighted by Crippen LogP contribution is 2.40. The van der Waals surface area contributed by atoms with Crippen LogP contribution in [0.4, 0.5) is 0 Å². The van der Waals surface area contributed by atoms with Crippen LogP contribution < -0.4 is 5.73 Å². The van der Waals surface area contributed by atoms with Crippen molar-refractivity contribution in [2.75, 3.05) is 26.7 Å². The summed E-state index contributed by atoms with van der Waals surface area (Å²) in [4.78, 5) is 2.38. The molecule has 0 aliphatic carbocycles. The van der Waals surface area contributed by atoms with Crippen molar-refractivity contribution < 1.29 is 4.74 Å². The summed E-state index contributed by atoms with van der Waals surface area (Å²) >= 11 is 0. The van der Waals surface area contributed by atoms with Crippen LogP contribution in [0, 0.1) is 5.41 Å². The van der Waals surface area contributed by atoms with Crippen molar-refractivity contribution in [1.82, 2.24) is 4.90 Å². The van der Waals surface area contributed by atoms with Gasteiger partial charge >= 0.3 is 0 Å². The first-order valence-electron chi connectivity index (χ1n) is 5.20. The van der Waals surface area contributed by atoms with Crippen LogP contribution in [0.2, 0.25) is 0 Å². The Hall–Kier alpha value is -0.120. The van der Waals surface area contributed by atoms with Crippen LogP contribution in [0.25, 0.3) is 0 Å². The molecule has 0 aromatic rings. The Morgan fingerprint density at radius 2 is 2.00 bits per heavy atom. The number of rotatable bonds is 0. The fourth-order valence-corrected chi connectivity index (χ4v) is 2.54. The molecule has 2 aliphatic heterocycles. The molecule has 1 spiro atoms. The Bertz CT molecular complexity index is 187. The zero-order valence-electron chi connectivity index (χ0n) is 8.62. The molecule has 0 aromatic carbocycles. The normalized spacial score (nSPS) is 39.9. The molecule has 2 fully saturated rings. The van der Waals surface area contributed by atoms with Crippen LogP contribution in [0.3, 0.4) is 0 Å². The lowest BCUT2D eigenvalue weighted by Crippen LogP contribution is -2.49. The van der Waals surface area contributed by atoms with Crippen LogP contribution in [-0.4, -0.2) is 43.8 Å². The van der Waals surface area contributed by atoms with E-state index in [1.807, 2.05) is 0 Å². The van der Waals surface area contributed by atoms with E-state index < -0.39 is 0 Å². The standard InChI is InChI=1S/C10H20N2O/c1-8-9(11)10(7-13-8)3-5-12(2)6-4-10/h8-9H,3-7,11H2,1-2H3/t8-,9+/m1/s1. The number of piperidine rings is 1. The predicted molar refractivity (Wildman–Crippen MR) is 52.6 cm³/mol. The van der Waals surface area contributed by atoms with Gasteiger partial charge in [-0.25, -0.2) is 0 Å². The number of ether oxygens (including phenoxy) is 1. The Kier molecular flexibility index (Phi) is 2.34. The van der Waals surface area contributed by atoms with Gasteiger partial charge in [0.1, 0.15) is 0 Å². The lowest BCUT2D eigenvalue weighted by molar-refractivity contribution is 0.0756. The molecule has 0 unspecified atom stereocenters. The molecule has 0 aromatic heterocycles. The van der Waals surface area contributed by atoms with E-state index in [9.17, 15) is 0 Å². The van der Waals surface area contributed by atoms with E-state index in [4.69, 9.17) is 10.5 Å². The van der Waals surface area contributed by atoms with Crippen molar-refractivity contribution in [2.45, 2.75) is 31.9 Å². The molecule has 3 heteroatoms. The molecule has 2 rings (SSSR count). The lowest BCUT2D eigenvalue weighted by atomic mass is 9.73. The summed E-state index contributed by atoms with van der Waals surface area (Å²) in [5.74, 6) is 0. The molecule has 2 heterocycles. The largest absolute Gasteiger partial charge is 0.376 e. The molecular weight excluding hydrogens is 164 g/mol. The van der Waals surface area contributed by atoms with Crippen molar-refractivity contribution in [3.8, 4) is 0 Å². The molecule has 0 amide bonds. The molecule has 0 radical (unpaired) electrons. The molecular formula is C10H20N2O. The van der Waals surface area contributed by atoms with Gasteiger partial charge in [-0.3, -0.25) is 0 Å². The zero-order chi connectivity index (χ0) is 9.47. The van der Waals surface area contributed by atoms with E-state index >= 15 is 0 Å². The molecule has 2 N–H and O–H groups in total. The molecule has 3 nitrogen and oxygen atoms in total.